The topological polar surface area (TPSA) is 35.0 Å². The van der Waals surface area contributed by atoms with Crippen molar-refractivity contribution >= 4 is 15.9 Å². The summed E-state index contributed by atoms with van der Waals surface area (Å²) < 4.78 is 6.98. The fourth-order valence-corrected chi connectivity index (χ4v) is 2.84. The summed E-state index contributed by atoms with van der Waals surface area (Å²) in [5.41, 5.74) is 2.78. The number of nitrogens with zero attached hydrogens (tertiary/aromatic N) is 2. The first-order chi connectivity index (χ1) is 12.8. The minimum Gasteiger partial charge on any atom is -0.439 e. The fourth-order valence-electron chi connectivity index (χ4n) is 2.57. The molecule has 0 radical (unpaired) electrons. The van der Waals surface area contributed by atoms with E-state index in [-0.39, 0.29) is 0 Å². The van der Waals surface area contributed by atoms with Crippen LogP contribution >= 0.6 is 15.9 Å². The molecule has 0 aliphatic rings. The van der Waals surface area contributed by atoms with Crippen LogP contribution < -0.4 is 4.74 Å². The van der Waals surface area contributed by atoms with Gasteiger partial charge in [-0.3, -0.25) is 0 Å². The Kier molecular flexibility index (Phi) is 4.75. The minimum atomic E-state index is 0.517. The zero-order valence-electron chi connectivity index (χ0n) is 13.8. The lowest BCUT2D eigenvalue weighted by molar-refractivity contribution is 0.462. The van der Waals surface area contributed by atoms with E-state index in [1.165, 1.54) is 0 Å². The molecule has 0 aliphatic carbocycles. The average Bonchev–Trinajstić information content (AvgIpc) is 2.70. The molecular formula is C22H15BrN2O. The van der Waals surface area contributed by atoms with Gasteiger partial charge in [0.25, 0.3) is 0 Å². The van der Waals surface area contributed by atoms with Gasteiger partial charge in [-0.1, -0.05) is 76.6 Å². The van der Waals surface area contributed by atoms with Gasteiger partial charge in [0.05, 0.1) is 5.69 Å². The van der Waals surface area contributed by atoms with Gasteiger partial charge in [-0.15, -0.1) is 0 Å². The molecule has 3 aromatic carbocycles. The molecule has 0 saturated heterocycles. The van der Waals surface area contributed by atoms with Gasteiger partial charge in [0, 0.05) is 21.7 Å². The van der Waals surface area contributed by atoms with Crippen LogP contribution in [0.2, 0.25) is 0 Å². The van der Waals surface area contributed by atoms with Gasteiger partial charge >= 0.3 is 0 Å². The molecule has 1 aromatic heterocycles. The fraction of sp³-hybridized carbons (Fsp3) is 0. The van der Waals surface area contributed by atoms with Crippen LogP contribution in [0.1, 0.15) is 0 Å². The Bertz CT molecular complexity index is 1000. The van der Waals surface area contributed by atoms with E-state index in [0.29, 0.717) is 11.7 Å². The Morgan fingerprint density at radius 1 is 0.654 bits per heavy atom. The van der Waals surface area contributed by atoms with E-state index in [1.807, 2.05) is 91.0 Å². The number of hydrogen-bond acceptors (Lipinski definition) is 3. The van der Waals surface area contributed by atoms with E-state index in [9.17, 15) is 0 Å². The maximum Gasteiger partial charge on any atom is 0.223 e. The first-order valence-electron chi connectivity index (χ1n) is 8.21. The summed E-state index contributed by atoms with van der Waals surface area (Å²) in [5, 5.41) is 0. The summed E-state index contributed by atoms with van der Waals surface area (Å²) in [6.07, 6.45) is 0. The van der Waals surface area contributed by atoms with E-state index in [4.69, 9.17) is 9.72 Å². The molecule has 4 aromatic rings. The zero-order chi connectivity index (χ0) is 17.8. The molecule has 126 valence electrons. The van der Waals surface area contributed by atoms with Crippen molar-refractivity contribution in [2.75, 3.05) is 0 Å². The monoisotopic (exact) mass is 402 g/mol. The molecule has 0 atom stereocenters. The minimum absolute atomic E-state index is 0.517. The third-order valence-electron chi connectivity index (χ3n) is 3.84. The van der Waals surface area contributed by atoms with Crippen LogP contribution in [0.25, 0.3) is 22.6 Å². The largest absolute Gasteiger partial charge is 0.439 e. The van der Waals surface area contributed by atoms with Crippen LogP contribution in [-0.4, -0.2) is 9.97 Å². The van der Waals surface area contributed by atoms with Gasteiger partial charge in [-0.05, 0) is 24.3 Å². The molecule has 0 spiro atoms. The first kappa shape index (κ1) is 16.5. The summed E-state index contributed by atoms with van der Waals surface area (Å²) in [5.74, 6) is 1.89. The number of halogens is 1. The Labute approximate surface area is 160 Å². The normalized spacial score (nSPS) is 10.5. The Hall–Kier alpha value is -2.98. The van der Waals surface area contributed by atoms with Crippen molar-refractivity contribution < 1.29 is 4.74 Å². The van der Waals surface area contributed by atoms with Crippen molar-refractivity contribution in [3.05, 3.63) is 95.5 Å². The molecule has 26 heavy (non-hydrogen) atoms. The highest BCUT2D eigenvalue weighted by molar-refractivity contribution is 9.10. The summed E-state index contributed by atoms with van der Waals surface area (Å²) >= 11 is 3.46. The Balaban J connectivity index is 1.80. The molecule has 1 heterocycles. The van der Waals surface area contributed by atoms with Gasteiger partial charge in [0.1, 0.15) is 5.75 Å². The number of benzene rings is 3. The SMILES string of the molecule is Brc1ccc(-c2nc(Oc3ccccc3)cc(-c3ccccc3)n2)cc1. The van der Waals surface area contributed by atoms with E-state index >= 15 is 0 Å². The third-order valence-corrected chi connectivity index (χ3v) is 4.37. The summed E-state index contributed by atoms with van der Waals surface area (Å²) in [7, 11) is 0. The van der Waals surface area contributed by atoms with Crippen molar-refractivity contribution in [1.29, 1.82) is 0 Å². The van der Waals surface area contributed by atoms with E-state index in [2.05, 4.69) is 20.9 Å². The maximum atomic E-state index is 5.97. The van der Waals surface area contributed by atoms with Crippen molar-refractivity contribution in [2.24, 2.45) is 0 Å². The second kappa shape index (κ2) is 7.50. The third kappa shape index (κ3) is 3.81. The van der Waals surface area contributed by atoms with E-state index in [1.54, 1.807) is 0 Å². The predicted molar refractivity (Wildman–Crippen MR) is 107 cm³/mol. The molecule has 0 fully saturated rings. The van der Waals surface area contributed by atoms with E-state index < -0.39 is 0 Å². The van der Waals surface area contributed by atoms with Crippen LogP contribution in [0.15, 0.2) is 95.5 Å². The molecule has 0 amide bonds. The molecule has 4 rings (SSSR count). The van der Waals surface area contributed by atoms with Crippen LogP contribution in [0.4, 0.5) is 0 Å². The van der Waals surface area contributed by atoms with Crippen molar-refractivity contribution in [2.45, 2.75) is 0 Å². The van der Waals surface area contributed by atoms with Gasteiger partial charge < -0.3 is 4.74 Å². The molecule has 0 unspecified atom stereocenters. The highest BCUT2D eigenvalue weighted by atomic mass is 79.9. The molecule has 3 nitrogen and oxygen atoms in total. The lowest BCUT2D eigenvalue weighted by Crippen LogP contribution is -1.96. The summed E-state index contributed by atoms with van der Waals surface area (Å²) in [6.45, 7) is 0. The van der Waals surface area contributed by atoms with Crippen molar-refractivity contribution in [1.82, 2.24) is 9.97 Å². The molecule has 4 heteroatoms. The van der Waals surface area contributed by atoms with Crippen LogP contribution in [0.5, 0.6) is 11.6 Å². The highest BCUT2D eigenvalue weighted by Crippen LogP contribution is 2.28. The number of aromatic nitrogens is 2. The average molecular weight is 403 g/mol. The lowest BCUT2D eigenvalue weighted by Gasteiger charge is -2.10. The lowest BCUT2D eigenvalue weighted by atomic mass is 10.1. The van der Waals surface area contributed by atoms with Gasteiger partial charge in [-0.2, -0.15) is 4.98 Å². The van der Waals surface area contributed by atoms with Gasteiger partial charge in [0.2, 0.25) is 5.88 Å². The first-order valence-corrected chi connectivity index (χ1v) is 9.00. The van der Waals surface area contributed by atoms with Crippen molar-refractivity contribution in [3.63, 3.8) is 0 Å². The number of hydrogen-bond donors (Lipinski definition) is 0. The molecule has 0 saturated carbocycles. The second-order valence-corrected chi connectivity index (χ2v) is 6.62. The molecule has 0 N–H and O–H groups in total. The van der Waals surface area contributed by atoms with Gasteiger partial charge in [0.15, 0.2) is 5.82 Å². The highest BCUT2D eigenvalue weighted by Gasteiger charge is 2.10. The quantitative estimate of drug-likeness (QED) is 0.397. The maximum absolute atomic E-state index is 5.97. The molecule has 0 bridgehead atoms. The Morgan fingerprint density at radius 2 is 1.31 bits per heavy atom. The van der Waals surface area contributed by atoms with Crippen molar-refractivity contribution in [3.8, 4) is 34.3 Å². The van der Waals surface area contributed by atoms with Crippen LogP contribution in [0, 0.1) is 0 Å². The number of ether oxygens (including phenoxy) is 1. The van der Waals surface area contributed by atoms with Gasteiger partial charge in [-0.25, -0.2) is 4.98 Å². The standard InChI is InChI=1S/C22H15BrN2O/c23-18-13-11-17(12-14-18)22-24-20(16-7-3-1-4-8-16)15-21(25-22)26-19-9-5-2-6-10-19/h1-15H. The molecule has 0 aliphatic heterocycles. The molecular weight excluding hydrogens is 388 g/mol. The van der Waals surface area contributed by atoms with Crippen LogP contribution in [0.3, 0.4) is 0 Å². The predicted octanol–water partition coefficient (Wildman–Crippen LogP) is 6.37. The summed E-state index contributed by atoms with van der Waals surface area (Å²) in [4.78, 5) is 9.34. The zero-order valence-corrected chi connectivity index (χ0v) is 15.4. The smallest absolute Gasteiger partial charge is 0.223 e. The Morgan fingerprint density at radius 3 is 2.00 bits per heavy atom. The second-order valence-electron chi connectivity index (χ2n) is 5.70. The van der Waals surface area contributed by atoms with E-state index in [0.717, 1.165) is 27.0 Å². The number of para-hydroxylation sites is 1. The summed E-state index contributed by atoms with van der Waals surface area (Å²) in [6, 6.07) is 29.5. The van der Waals surface area contributed by atoms with Crippen LogP contribution in [-0.2, 0) is 0 Å². The number of rotatable bonds is 4.